The molecule has 43 heavy (non-hydrogen) atoms. The van der Waals surface area contributed by atoms with Crippen molar-refractivity contribution in [2.75, 3.05) is 0 Å². The Morgan fingerprint density at radius 3 is 2.33 bits per heavy atom. The molecule has 1 fully saturated rings. The lowest BCUT2D eigenvalue weighted by Crippen LogP contribution is -2.58. The maximum Gasteiger partial charge on any atom is 0.355 e. The highest BCUT2D eigenvalue weighted by atomic mass is 35.5. The molecule has 0 unspecified atom stereocenters. The second-order valence-corrected chi connectivity index (χ2v) is 10.5. The summed E-state index contributed by atoms with van der Waals surface area (Å²) in [5, 5.41) is 61.8. The predicted octanol–water partition coefficient (Wildman–Crippen LogP) is 2.01. The summed E-state index contributed by atoms with van der Waals surface area (Å²) in [4.78, 5) is 28.5. The van der Waals surface area contributed by atoms with Gasteiger partial charge < -0.3 is 34.8 Å². The van der Waals surface area contributed by atoms with Crippen LogP contribution in [0.15, 0.2) is 48.5 Å². The Balaban J connectivity index is 1.41. The third-order valence-corrected chi connectivity index (χ3v) is 7.49. The first kappa shape index (κ1) is 30.3. The summed E-state index contributed by atoms with van der Waals surface area (Å²) in [5.74, 6) is -1.92. The van der Waals surface area contributed by atoms with Crippen molar-refractivity contribution in [3.8, 4) is 22.5 Å². The molecule has 0 bridgehead atoms. The van der Waals surface area contributed by atoms with Crippen LogP contribution in [0, 0.1) is 0 Å². The van der Waals surface area contributed by atoms with Crippen LogP contribution >= 0.6 is 11.6 Å². The van der Waals surface area contributed by atoms with E-state index in [4.69, 9.17) is 16.3 Å². The number of aryl methyl sites for hydroxylation is 1. The van der Waals surface area contributed by atoms with Crippen LogP contribution in [-0.2, 0) is 22.5 Å². The molecular formula is C28H29ClN6O8. The second kappa shape index (κ2) is 12.6. The van der Waals surface area contributed by atoms with Gasteiger partial charge in [-0.05, 0) is 28.3 Å². The van der Waals surface area contributed by atoms with Gasteiger partial charge in [0.15, 0.2) is 17.0 Å². The molecule has 14 nitrogen and oxygen atoms in total. The summed E-state index contributed by atoms with van der Waals surface area (Å²) in [6.45, 7) is 2.30. The minimum absolute atomic E-state index is 0.0417. The van der Waals surface area contributed by atoms with Crippen LogP contribution in [-0.4, -0.2) is 91.6 Å². The third kappa shape index (κ3) is 6.00. The normalized spacial score (nSPS) is 22.0. The van der Waals surface area contributed by atoms with E-state index in [2.05, 4.69) is 20.4 Å². The summed E-state index contributed by atoms with van der Waals surface area (Å²) in [6, 6.07) is 14.7. The number of carboxylic acid groups (broad SMARTS) is 2. The standard InChI is InChI=1S/C28H29ClN6O8/c1-2-3-8-18-30-24(29)19(27(39)40)34(18)13-14-9-11-15(12-10-14)16-6-4-5-7-17(16)25-31-33-35(32-25)26-22(38)20(36)21(37)23(43-26)28(41)42/h4-7,9-12,20-23,26,36-38H,2-3,8,13H2,1H3,(H,39,40)(H,41,42)/t20-,21-,22+,23-,26+/m0/s1. The number of hydrogen-bond donors (Lipinski definition) is 5. The number of carboxylic acids is 2. The highest BCUT2D eigenvalue weighted by molar-refractivity contribution is 6.32. The van der Waals surface area contributed by atoms with E-state index < -0.39 is 42.6 Å². The summed E-state index contributed by atoms with van der Waals surface area (Å²) in [5.41, 5.74) is 2.87. The molecule has 3 heterocycles. The highest BCUT2D eigenvalue weighted by Gasteiger charge is 2.48. The van der Waals surface area contributed by atoms with Gasteiger partial charge in [0, 0.05) is 18.5 Å². The van der Waals surface area contributed by atoms with Crippen LogP contribution in [0.3, 0.4) is 0 Å². The van der Waals surface area contributed by atoms with Crippen molar-refractivity contribution in [2.24, 2.45) is 0 Å². The second-order valence-electron chi connectivity index (χ2n) is 10.1. The van der Waals surface area contributed by atoms with Crippen LogP contribution in [0.5, 0.6) is 0 Å². The molecule has 4 aromatic rings. The lowest BCUT2D eigenvalue weighted by molar-refractivity contribution is -0.251. The zero-order chi connectivity index (χ0) is 30.8. The Kier molecular flexibility index (Phi) is 8.84. The molecule has 226 valence electrons. The van der Waals surface area contributed by atoms with Crippen molar-refractivity contribution in [3.05, 3.63) is 70.8 Å². The average molecular weight is 613 g/mol. The lowest BCUT2D eigenvalue weighted by atomic mass is 9.98. The van der Waals surface area contributed by atoms with Gasteiger partial charge in [-0.3, -0.25) is 0 Å². The number of nitrogens with zero attached hydrogens (tertiary/aromatic N) is 6. The van der Waals surface area contributed by atoms with Crippen LogP contribution < -0.4 is 0 Å². The van der Waals surface area contributed by atoms with E-state index in [1.165, 1.54) is 0 Å². The quantitative estimate of drug-likeness (QED) is 0.174. The Bertz CT molecular complexity index is 1620. The molecule has 2 aromatic heterocycles. The van der Waals surface area contributed by atoms with Crippen molar-refractivity contribution < 1.29 is 39.9 Å². The first-order valence-electron chi connectivity index (χ1n) is 13.5. The number of halogens is 1. The number of unbranched alkanes of at least 4 members (excludes halogenated alkanes) is 1. The van der Waals surface area contributed by atoms with E-state index in [-0.39, 0.29) is 23.2 Å². The molecule has 5 N–H and O–H groups in total. The molecular weight excluding hydrogens is 584 g/mol. The molecule has 0 amide bonds. The monoisotopic (exact) mass is 612 g/mol. The largest absolute Gasteiger partial charge is 0.479 e. The number of aliphatic hydroxyl groups is 3. The minimum atomic E-state index is -1.85. The highest BCUT2D eigenvalue weighted by Crippen LogP contribution is 2.32. The number of hydrogen-bond acceptors (Lipinski definition) is 10. The number of aliphatic carboxylic acids is 1. The number of benzene rings is 2. The maximum atomic E-state index is 11.9. The molecule has 1 saturated heterocycles. The van der Waals surface area contributed by atoms with Crippen molar-refractivity contribution in [1.82, 2.24) is 29.8 Å². The SMILES string of the molecule is CCCCc1nc(Cl)c(C(=O)O)n1Cc1ccc(-c2ccccc2-c2nnn([C@@H]3O[C@H](C(=O)O)[C@@H](O)[C@H](O)[C@H]3O)n2)cc1. The molecule has 0 spiro atoms. The molecule has 0 saturated carbocycles. The molecule has 15 heteroatoms. The predicted molar refractivity (Wildman–Crippen MR) is 150 cm³/mol. The van der Waals surface area contributed by atoms with E-state index >= 15 is 0 Å². The summed E-state index contributed by atoms with van der Waals surface area (Å²) >= 11 is 6.16. The number of aliphatic hydroxyl groups excluding tert-OH is 3. The Hall–Kier alpha value is -4.21. The van der Waals surface area contributed by atoms with E-state index in [0.717, 1.165) is 34.3 Å². The number of ether oxygens (including phenoxy) is 1. The van der Waals surface area contributed by atoms with E-state index in [9.17, 15) is 35.1 Å². The molecule has 1 aliphatic heterocycles. The van der Waals surface area contributed by atoms with Gasteiger partial charge in [-0.15, -0.1) is 15.0 Å². The van der Waals surface area contributed by atoms with Gasteiger partial charge in [-0.25, -0.2) is 14.6 Å². The topological polar surface area (TPSA) is 206 Å². The van der Waals surface area contributed by atoms with E-state index in [0.29, 0.717) is 17.8 Å². The molecule has 1 aliphatic rings. The summed E-state index contributed by atoms with van der Waals surface area (Å²) in [7, 11) is 0. The number of aromatic carboxylic acids is 1. The Labute approximate surface area is 249 Å². The van der Waals surface area contributed by atoms with Crippen LogP contribution in [0.4, 0.5) is 0 Å². The van der Waals surface area contributed by atoms with Crippen LogP contribution in [0.1, 0.15) is 47.9 Å². The molecule has 0 aliphatic carbocycles. The smallest absolute Gasteiger partial charge is 0.355 e. The van der Waals surface area contributed by atoms with Gasteiger partial charge in [-0.2, -0.15) is 0 Å². The number of carbonyl (C=O) groups is 2. The van der Waals surface area contributed by atoms with Crippen molar-refractivity contribution in [2.45, 2.75) is 63.4 Å². The van der Waals surface area contributed by atoms with E-state index in [1.54, 1.807) is 16.7 Å². The van der Waals surface area contributed by atoms with Crippen LogP contribution in [0.25, 0.3) is 22.5 Å². The number of rotatable bonds is 10. The maximum absolute atomic E-state index is 11.9. The fourth-order valence-corrected chi connectivity index (χ4v) is 5.25. The van der Waals surface area contributed by atoms with E-state index in [1.807, 2.05) is 43.3 Å². The molecule has 2 aromatic carbocycles. The molecule has 5 atom stereocenters. The average Bonchev–Trinajstić information content (AvgIpc) is 3.59. The number of imidazole rings is 1. The number of aromatic nitrogens is 6. The molecule has 0 radical (unpaired) electrons. The van der Waals surface area contributed by atoms with Crippen LogP contribution in [0.2, 0.25) is 5.15 Å². The first-order valence-corrected chi connectivity index (χ1v) is 13.9. The van der Waals surface area contributed by atoms with Crippen molar-refractivity contribution >= 4 is 23.5 Å². The van der Waals surface area contributed by atoms with Gasteiger partial charge in [-0.1, -0.05) is 73.5 Å². The zero-order valence-corrected chi connectivity index (χ0v) is 23.6. The summed E-state index contributed by atoms with van der Waals surface area (Å²) in [6.07, 6.45) is -6.33. The first-order chi connectivity index (χ1) is 20.6. The fraction of sp³-hybridized carbons (Fsp3) is 0.357. The number of tetrazole rings is 1. The van der Waals surface area contributed by atoms with Gasteiger partial charge >= 0.3 is 11.9 Å². The zero-order valence-electron chi connectivity index (χ0n) is 22.9. The minimum Gasteiger partial charge on any atom is -0.479 e. The fourth-order valence-electron chi connectivity index (χ4n) is 4.97. The summed E-state index contributed by atoms with van der Waals surface area (Å²) < 4.78 is 6.92. The van der Waals surface area contributed by atoms with Crippen molar-refractivity contribution in [1.29, 1.82) is 0 Å². The van der Waals surface area contributed by atoms with Gasteiger partial charge in [0.05, 0.1) is 0 Å². The lowest BCUT2D eigenvalue weighted by Gasteiger charge is -2.37. The molecule has 5 rings (SSSR count). The van der Waals surface area contributed by atoms with Gasteiger partial charge in [0.25, 0.3) is 0 Å². The van der Waals surface area contributed by atoms with Crippen molar-refractivity contribution in [3.63, 3.8) is 0 Å². The van der Waals surface area contributed by atoms with Gasteiger partial charge in [0.1, 0.15) is 24.1 Å². The Morgan fingerprint density at radius 2 is 1.67 bits per heavy atom. The Morgan fingerprint density at radius 1 is 0.977 bits per heavy atom. The third-order valence-electron chi connectivity index (χ3n) is 7.22. The van der Waals surface area contributed by atoms with Gasteiger partial charge in [0.2, 0.25) is 12.1 Å².